The van der Waals surface area contributed by atoms with Crippen molar-refractivity contribution in [3.05, 3.63) is 64.6 Å². The van der Waals surface area contributed by atoms with E-state index in [0.29, 0.717) is 30.3 Å². The maximum atomic E-state index is 14.3. The van der Waals surface area contributed by atoms with Crippen LogP contribution in [0.5, 0.6) is 5.75 Å². The average molecular weight is 556 g/mol. The lowest BCUT2D eigenvalue weighted by molar-refractivity contribution is -0.139. The molecule has 2 amide bonds. The van der Waals surface area contributed by atoms with Gasteiger partial charge in [-0.25, -0.2) is 4.39 Å². The molecule has 38 heavy (non-hydrogen) atoms. The van der Waals surface area contributed by atoms with Gasteiger partial charge in [0.2, 0.25) is 11.8 Å². The van der Waals surface area contributed by atoms with Crippen LogP contribution in [0.15, 0.2) is 42.6 Å². The fraction of sp³-hybridized carbons (Fsp3) is 0.393. The van der Waals surface area contributed by atoms with Gasteiger partial charge in [-0.15, -0.1) is 11.8 Å². The van der Waals surface area contributed by atoms with Crippen molar-refractivity contribution in [1.82, 2.24) is 14.8 Å². The number of rotatable bonds is 9. The second-order valence-electron chi connectivity index (χ2n) is 10.2. The predicted octanol–water partition coefficient (Wildman–Crippen LogP) is 4.78. The third kappa shape index (κ3) is 4.89. The minimum atomic E-state index is -0.632. The van der Waals surface area contributed by atoms with Crippen molar-refractivity contribution >= 4 is 51.9 Å². The smallest absolute Gasteiger partial charge is 0.244 e. The van der Waals surface area contributed by atoms with E-state index in [4.69, 9.17) is 16.3 Å². The van der Waals surface area contributed by atoms with Gasteiger partial charge in [0.1, 0.15) is 24.2 Å². The zero-order chi connectivity index (χ0) is 26.6. The van der Waals surface area contributed by atoms with E-state index >= 15 is 0 Å². The van der Waals surface area contributed by atoms with Crippen LogP contribution < -0.4 is 10.1 Å². The summed E-state index contributed by atoms with van der Waals surface area (Å²) in [5, 5.41) is 3.71. The van der Waals surface area contributed by atoms with Gasteiger partial charge in [0.05, 0.1) is 22.5 Å². The highest BCUT2D eigenvalue weighted by atomic mass is 35.5. The largest absolute Gasteiger partial charge is 0.493 e. The monoisotopic (exact) mass is 555 g/mol. The summed E-state index contributed by atoms with van der Waals surface area (Å²) in [6, 6.07) is 9.62. The number of nitrogens with zero attached hydrogens (tertiary/aromatic N) is 2. The Morgan fingerprint density at radius 3 is 2.79 bits per heavy atom. The van der Waals surface area contributed by atoms with Gasteiger partial charge < -0.3 is 19.5 Å². The van der Waals surface area contributed by atoms with E-state index in [9.17, 15) is 18.8 Å². The second-order valence-corrected chi connectivity index (χ2v) is 12.0. The summed E-state index contributed by atoms with van der Waals surface area (Å²) in [5.74, 6) is 0.141. The number of aromatic nitrogens is 1. The highest BCUT2D eigenvalue weighted by Gasteiger charge is 2.57. The van der Waals surface area contributed by atoms with Crippen molar-refractivity contribution in [3.63, 3.8) is 0 Å². The highest BCUT2D eigenvalue weighted by molar-refractivity contribution is 8.07. The molecular formula is C28H27ClFN3O4S. The van der Waals surface area contributed by atoms with Gasteiger partial charge in [-0.3, -0.25) is 14.4 Å². The van der Waals surface area contributed by atoms with Crippen LogP contribution in [0, 0.1) is 11.7 Å². The molecule has 0 bridgehead atoms. The number of fused-ring (bicyclic) bond motifs is 2. The molecular weight excluding hydrogens is 529 g/mol. The number of halogens is 2. The fourth-order valence-corrected chi connectivity index (χ4v) is 6.49. The second kappa shape index (κ2) is 9.93. The fourth-order valence-electron chi connectivity index (χ4n) is 5.09. The topological polar surface area (TPSA) is 80.6 Å². The molecule has 198 valence electrons. The summed E-state index contributed by atoms with van der Waals surface area (Å²) in [4.78, 5) is 40.7. The molecule has 0 spiro atoms. The Bertz CT molecular complexity index is 1460. The van der Waals surface area contributed by atoms with Crippen LogP contribution in [0.1, 0.15) is 42.1 Å². The first-order chi connectivity index (χ1) is 18.3. The summed E-state index contributed by atoms with van der Waals surface area (Å²) in [7, 11) is 0. The number of benzene rings is 2. The van der Waals surface area contributed by atoms with Crippen molar-refractivity contribution in [2.75, 3.05) is 6.61 Å². The molecule has 0 unspecified atom stereocenters. The zero-order valence-electron chi connectivity index (χ0n) is 20.8. The number of hydrogen-bond donors (Lipinski definition) is 1. The van der Waals surface area contributed by atoms with Gasteiger partial charge >= 0.3 is 0 Å². The Balaban J connectivity index is 1.20. The molecule has 6 rings (SSSR count). The summed E-state index contributed by atoms with van der Waals surface area (Å²) in [5.41, 5.74) is 1.57. The van der Waals surface area contributed by atoms with Crippen molar-refractivity contribution in [2.24, 2.45) is 5.92 Å². The van der Waals surface area contributed by atoms with Gasteiger partial charge in [-0.1, -0.05) is 23.7 Å². The molecule has 7 nitrogen and oxygen atoms in total. The lowest BCUT2D eigenvalue weighted by Crippen LogP contribution is -2.48. The molecule has 1 aromatic heterocycles. The Hall–Kier alpha value is -3.04. The van der Waals surface area contributed by atoms with E-state index < -0.39 is 11.9 Å². The molecule has 2 saturated heterocycles. The van der Waals surface area contributed by atoms with E-state index in [-0.39, 0.29) is 51.9 Å². The number of amides is 2. The van der Waals surface area contributed by atoms with Gasteiger partial charge in [-0.05, 0) is 50.3 Å². The van der Waals surface area contributed by atoms with Gasteiger partial charge in [0, 0.05) is 40.6 Å². The van der Waals surface area contributed by atoms with E-state index in [1.165, 1.54) is 25.8 Å². The molecule has 10 heteroatoms. The molecule has 2 aliphatic heterocycles. The van der Waals surface area contributed by atoms with Gasteiger partial charge in [0.15, 0.2) is 5.78 Å². The minimum absolute atomic E-state index is 0.00274. The molecule has 3 atom stereocenters. The SMILES string of the molecule is CC(=O)c1cn(CC(=O)N2[C@@H]3S[C@@H]3C[C@H]2C(=O)NCc2cccc(Cl)c2F)c2cc(OCC3CC3)ccc12. The number of hydrogen-bond acceptors (Lipinski definition) is 5. The molecule has 1 N–H and O–H groups in total. The number of thioether (sulfide) groups is 1. The third-order valence-electron chi connectivity index (χ3n) is 7.42. The van der Waals surface area contributed by atoms with Crippen molar-refractivity contribution in [2.45, 2.75) is 55.9 Å². The molecule has 2 aromatic carbocycles. The first kappa shape index (κ1) is 25.2. The number of ether oxygens (including phenoxy) is 1. The number of Topliss-reactive ketones (excluding diaryl/α,β-unsaturated/α-hetero) is 1. The Kier molecular flexibility index (Phi) is 6.60. The normalized spacial score (nSPS) is 21.9. The van der Waals surface area contributed by atoms with Crippen molar-refractivity contribution in [1.29, 1.82) is 0 Å². The minimum Gasteiger partial charge on any atom is -0.493 e. The number of carbonyl (C=O) groups excluding carboxylic acids is 3. The lowest BCUT2D eigenvalue weighted by atomic mass is 10.1. The number of ketones is 1. The first-order valence-corrected chi connectivity index (χ1v) is 14.1. The maximum Gasteiger partial charge on any atom is 0.244 e. The predicted molar refractivity (Wildman–Crippen MR) is 144 cm³/mol. The Morgan fingerprint density at radius 1 is 1.21 bits per heavy atom. The Morgan fingerprint density at radius 2 is 2.03 bits per heavy atom. The summed E-state index contributed by atoms with van der Waals surface area (Å²) in [6.45, 7) is 2.15. The quantitative estimate of drug-likeness (QED) is 0.303. The molecule has 3 aromatic rings. The number of carbonyl (C=O) groups is 3. The van der Waals surface area contributed by atoms with Crippen LogP contribution >= 0.6 is 23.4 Å². The molecule has 3 aliphatic rings. The van der Waals surface area contributed by atoms with Crippen molar-refractivity contribution < 1.29 is 23.5 Å². The molecule has 3 fully saturated rings. The van der Waals surface area contributed by atoms with Crippen LogP contribution in [0.2, 0.25) is 5.02 Å². The van der Waals surface area contributed by atoms with Crippen LogP contribution in [-0.2, 0) is 22.7 Å². The molecule has 1 saturated carbocycles. The van der Waals surface area contributed by atoms with E-state index in [1.807, 2.05) is 18.2 Å². The molecule has 1 aliphatic carbocycles. The van der Waals surface area contributed by atoms with E-state index in [1.54, 1.807) is 39.6 Å². The Labute approximate surface area is 228 Å². The molecule has 3 heterocycles. The van der Waals surface area contributed by atoms with Crippen molar-refractivity contribution in [3.8, 4) is 5.75 Å². The number of nitrogens with one attached hydrogen (secondary N) is 1. The average Bonchev–Trinajstić information content (AvgIpc) is 3.81. The van der Waals surface area contributed by atoms with Crippen LogP contribution in [-0.4, -0.2) is 50.3 Å². The number of likely N-dealkylation sites (tertiary alicyclic amines) is 1. The lowest BCUT2D eigenvalue weighted by Gasteiger charge is -2.26. The highest BCUT2D eigenvalue weighted by Crippen LogP contribution is 2.53. The first-order valence-electron chi connectivity index (χ1n) is 12.7. The summed E-state index contributed by atoms with van der Waals surface area (Å²) < 4.78 is 22.0. The maximum absolute atomic E-state index is 14.3. The van der Waals surface area contributed by atoms with Gasteiger partial charge in [0.25, 0.3) is 0 Å². The summed E-state index contributed by atoms with van der Waals surface area (Å²) >= 11 is 7.52. The molecule has 0 radical (unpaired) electrons. The van der Waals surface area contributed by atoms with Gasteiger partial charge in [-0.2, -0.15) is 0 Å². The zero-order valence-corrected chi connectivity index (χ0v) is 22.4. The van der Waals surface area contributed by atoms with E-state index in [2.05, 4.69) is 5.32 Å². The van der Waals surface area contributed by atoms with Crippen LogP contribution in [0.25, 0.3) is 10.9 Å². The van der Waals surface area contributed by atoms with Crippen LogP contribution in [0.4, 0.5) is 4.39 Å². The van der Waals surface area contributed by atoms with E-state index in [0.717, 1.165) is 10.9 Å². The third-order valence-corrected chi connectivity index (χ3v) is 9.03. The summed E-state index contributed by atoms with van der Waals surface area (Å²) in [6.07, 6.45) is 4.62. The standard InChI is InChI=1S/C28H27ClFN3O4S/c1-15(34)20-12-32(22-9-18(7-8-19(20)22)37-14-16-5-6-16)13-25(35)33-23(10-24-28(33)38-24)27(36)31-11-17-3-2-4-21(29)26(17)30/h2-4,7-9,12,16,23-24,28H,5-6,10-11,13-14H2,1H3,(H,31,36)/t23-,24+,28+/m0/s1. The van der Waals surface area contributed by atoms with Crippen LogP contribution in [0.3, 0.4) is 0 Å².